The Labute approximate surface area is 109 Å². The van der Waals surface area contributed by atoms with Gasteiger partial charge in [-0.1, -0.05) is 0 Å². The van der Waals surface area contributed by atoms with E-state index in [0.717, 1.165) is 5.56 Å². The van der Waals surface area contributed by atoms with Crippen LogP contribution in [-0.4, -0.2) is 34.9 Å². The van der Waals surface area contributed by atoms with Crippen LogP contribution in [0.3, 0.4) is 0 Å². The third-order valence-corrected chi connectivity index (χ3v) is 3.14. The normalized spacial score (nSPS) is 10.1. The summed E-state index contributed by atoms with van der Waals surface area (Å²) in [6.07, 6.45) is 2.94. The predicted octanol–water partition coefficient (Wildman–Crippen LogP) is 1.82. The molecular weight excluding hydrogens is 250 g/mol. The Morgan fingerprint density at radius 2 is 2.17 bits per heavy atom. The van der Waals surface area contributed by atoms with Gasteiger partial charge in [-0.3, -0.25) is 4.79 Å². The lowest BCUT2D eigenvalue weighted by Gasteiger charge is -2.16. The molecule has 1 amide bonds. The van der Waals surface area contributed by atoms with Crippen molar-refractivity contribution in [3.05, 3.63) is 40.3 Å². The van der Waals surface area contributed by atoms with Crippen molar-refractivity contribution in [1.82, 2.24) is 14.9 Å². The molecule has 0 aliphatic carbocycles. The first kappa shape index (κ1) is 12.5. The molecule has 2 rings (SSSR count). The highest BCUT2D eigenvalue weighted by Crippen LogP contribution is 2.11. The van der Waals surface area contributed by atoms with Crippen LogP contribution in [0.4, 0.5) is 0 Å². The number of hydrogen-bond acceptors (Lipinski definition) is 5. The molecule has 2 heterocycles. The molecule has 0 atom stereocenters. The summed E-state index contributed by atoms with van der Waals surface area (Å²) >= 11 is 1.61. The summed E-state index contributed by atoms with van der Waals surface area (Å²) in [6, 6.07) is 2.26. The van der Waals surface area contributed by atoms with Crippen LogP contribution < -0.4 is 4.74 Å². The number of thiophene rings is 1. The summed E-state index contributed by atoms with van der Waals surface area (Å²) in [5.74, 6) is -0.108. The SMILES string of the molecule is COc1ncc(C(=O)N(C)Cc2ccsc2)cn1. The van der Waals surface area contributed by atoms with Gasteiger partial charge in [0.05, 0.1) is 12.7 Å². The Morgan fingerprint density at radius 1 is 1.44 bits per heavy atom. The Kier molecular flexibility index (Phi) is 3.88. The minimum absolute atomic E-state index is 0.108. The van der Waals surface area contributed by atoms with Gasteiger partial charge in [0, 0.05) is 26.0 Å². The van der Waals surface area contributed by atoms with Gasteiger partial charge in [-0.05, 0) is 22.4 Å². The Hall–Kier alpha value is -1.95. The van der Waals surface area contributed by atoms with Crippen LogP contribution in [0.5, 0.6) is 6.01 Å². The molecule has 0 aromatic carbocycles. The molecule has 18 heavy (non-hydrogen) atoms. The van der Waals surface area contributed by atoms with Gasteiger partial charge in [-0.2, -0.15) is 11.3 Å². The van der Waals surface area contributed by atoms with Crippen molar-refractivity contribution in [3.8, 4) is 6.01 Å². The molecule has 0 aliphatic heterocycles. The average Bonchev–Trinajstić information content (AvgIpc) is 2.91. The number of aromatic nitrogens is 2. The van der Waals surface area contributed by atoms with E-state index >= 15 is 0 Å². The molecule has 0 radical (unpaired) electrons. The molecule has 0 unspecified atom stereocenters. The van der Waals surface area contributed by atoms with Crippen LogP contribution in [0.25, 0.3) is 0 Å². The van der Waals surface area contributed by atoms with E-state index in [9.17, 15) is 4.79 Å². The van der Waals surface area contributed by atoms with Crippen molar-refractivity contribution in [1.29, 1.82) is 0 Å². The molecular formula is C12H13N3O2S. The van der Waals surface area contributed by atoms with Crippen molar-refractivity contribution >= 4 is 17.2 Å². The first-order valence-corrected chi connectivity index (χ1v) is 6.27. The van der Waals surface area contributed by atoms with Gasteiger partial charge >= 0.3 is 6.01 Å². The molecule has 0 fully saturated rings. The second-order valence-electron chi connectivity index (χ2n) is 3.75. The highest BCUT2D eigenvalue weighted by molar-refractivity contribution is 7.07. The monoisotopic (exact) mass is 263 g/mol. The zero-order valence-corrected chi connectivity index (χ0v) is 11.0. The van der Waals surface area contributed by atoms with Crippen molar-refractivity contribution in [2.24, 2.45) is 0 Å². The van der Waals surface area contributed by atoms with E-state index < -0.39 is 0 Å². The maximum absolute atomic E-state index is 12.1. The summed E-state index contributed by atoms with van der Waals surface area (Å²) < 4.78 is 4.85. The molecule has 0 bridgehead atoms. The molecule has 0 saturated heterocycles. The predicted molar refractivity (Wildman–Crippen MR) is 68.7 cm³/mol. The second kappa shape index (κ2) is 5.59. The minimum Gasteiger partial charge on any atom is -0.467 e. The summed E-state index contributed by atoms with van der Waals surface area (Å²) in [5, 5.41) is 4.01. The number of ether oxygens (including phenoxy) is 1. The average molecular weight is 263 g/mol. The summed E-state index contributed by atoms with van der Waals surface area (Å²) in [7, 11) is 3.24. The van der Waals surface area contributed by atoms with Crippen LogP contribution in [0.2, 0.25) is 0 Å². The van der Waals surface area contributed by atoms with E-state index in [1.54, 1.807) is 23.3 Å². The third kappa shape index (κ3) is 2.84. The maximum atomic E-state index is 12.1. The van der Waals surface area contributed by atoms with Crippen LogP contribution >= 0.6 is 11.3 Å². The number of hydrogen-bond donors (Lipinski definition) is 0. The second-order valence-corrected chi connectivity index (χ2v) is 4.53. The summed E-state index contributed by atoms with van der Waals surface area (Å²) in [6.45, 7) is 0.578. The fourth-order valence-electron chi connectivity index (χ4n) is 1.48. The quantitative estimate of drug-likeness (QED) is 0.844. The van der Waals surface area contributed by atoms with E-state index in [1.807, 2.05) is 16.8 Å². The number of carbonyl (C=O) groups excluding carboxylic acids is 1. The molecule has 0 N–H and O–H groups in total. The van der Waals surface area contributed by atoms with Crippen LogP contribution in [0, 0.1) is 0 Å². The van der Waals surface area contributed by atoms with Gasteiger partial charge in [0.1, 0.15) is 0 Å². The topological polar surface area (TPSA) is 55.3 Å². The first-order valence-electron chi connectivity index (χ1n) is 5.33. The maximum Gasteiger partial charge on any atom is 0.316 e. The van der Waals surface area contributed by atoms with Crippen molar-refractivity contribution in [3.63, 3.8) is 0 Å². The Bertz CT molecular complexity index is 511. The van der Waals surface area contributed by atoms with Crippen LogP contribution in [0.15, 0.2) is 29.2 Å². The molecule has 0 saturated carbocycles. The van der Waals surface area contributed by atoms with E-state index in [0.29, 0.717) is 12.1 Å². The smallest absolute Gasteiger partial charge is 0.316 e. The number of amides is 1. The van der Waals surface area contributed by atoms with E-state index in [1.165, 1.54) is 19.5 Å². The van der Waals surface area contributed by atoms with E-state index in [4.69, 9.17) is 4.74 Å². The fraction of sp³-hybridized carbons (Fsp3) is 0.250. The van der Waals surface area contributed by atoms with Gasteiger partial charge in [-0.25, -0.2) is 9.97 Å². The van der Waals surface area contributed by atoms with Crippen LogP contribution in [0.1, 0.15) is 15.9 Å². The lowest BCUT2D eigenvalue weighted by atomic mass is 10.2. The standard InChI is InChI=1S/C12H13N3O2S/c1-15(7-9-3-4-18-8-9)11(16)10-5-13-12(17-2)14-6-10/h3-6,8H,7H2,1-2H3. The number of nitrogens with zero attached hydrogens (tertiary/aromatic N) is 3. The highest BCUT2D eigenvalue weighted by Gasteiger charge is 2.13. The third-order valence-electron chi connectivity index (χ3n) is 2.40. The molecule has 2 aromatic heterocycles. The number of rotatable bonds is 4. The van der Waals surface area contributed by atoms with Gasteiger partial charge in [0.15, 0.2) is 0 Å². The molecule has 0 spiro atoms. The van der Waals surface area contributed by atoms with Gasteiger partial charge in [-0.15, -0.1) is 0 Å². The molecule has 2 aromatic rings. The Morgan fingerprint density at radius 3 is 2.72 bits per heavy atom. The van der Waals surface area contributed by atoms with Gasteiger partial charge < -0.3 is 9.64 Å². The molecule has 0 aliphatic rings. The highest BCUT2D eigenvalue weighted by atomic mass is 32.1. The first-order chi connectivity index (χ1) is 8.70. The molecule has 5 nitrogen and oxygen atoms in total. The van der Waals surface area contributed by atoms with Gasteiger partial charge in [0.25, 0.3) is 5.91 Å². The Balaban J connectivity index is 2.05. The lowest BCUT2D eigenvalue weighted by molar-refractivity contribution is 0.0784. The minimum atomic E-state index is -0.108. The van der Waals surface area contributed by atoms with E-state index in [-0.39, 0.29) is 11.9 Å². The molecule has 94 valence electrons. The zero-order chi connectivity index (χ0) is 13.0. The van der Waals surface area contributed by atoms with Crippen molar-refractivity contribution in [2.75, 3.05) is 14.2 Å². The number of methoxy groups -OCH3 is 1. The molecule has 6 heteroatoms. The summed E-state index contributed by atoms with van der Waals surface area (Å²) in [5.41, 5.74) is 1.57. The van der Waals surface area contributed by atoms with Crippen LogP contribution in [-0.2, 0) is 6.54 Å². The van der Waals surface area contributed by atoms with Crippen molar-refractivity contribution in [2.45, 2.75) is 6.54 Å². The zero-order valence-electron chi connectivity index (χ0n) is 10.2. The lowest BCUT2D eigenvalue weighted by Crippen LogP contribution is -2.26. The van der Waals surface area contributed by atoms with E-state index in [2.05, 4.69) is 9.97 Å². The fourth-order valence-corrected chi connectivity index (χ4v) is 2.14. The number of carbonyl (C=O) groups is 1. The summed E-state index contributed by atoms with van der Waals surface area (Å²) in [4.78, 5) is 21.5. The van der Waals surface area contributed by atoms with Crippen molar-refractivity contribution < 1.29 is 9.53 Å². The van der Waals surface area contributed by atoms with Gasteiger partial charge in [0.2, 0.25) is 0 Å². The largest absolute Gasteiger partial charge is 0.467 e.